The van der Waals surface area contributed by atoms with Crippen LogP contribution < -0.4 is 5.32 Å². The van der Waals surface area contributed by atoms with E-state index in [1.54, 1.807) is 6.20 Å². The van der Waals surface area contributed by atoms with E-state index in [-0.39, 0.29) is 0 Å². The second-order valence-corrected chi connectivity index (χ2v) is 5.71. The van der Waals surface area contributed by atoms with Gasteiger partial charge in [-0.2, -0.15) is 9.61 Å². The molecule has 0 fully saturated rings. The van der Waals surface area contributed by atoms with E-state index in [9.17, 15) is 0 Å². The molecule has 5 nitrogen and oxygen atoms in total. The average molecular weight is 321 g/mol. The van der Waals surface area contributed by atoms with Crippen LogP contribution in [0.25, 0.3) is 11.7 Å². The standard InChI is InChI=1S/C19H23N5/c1-2-3-4-5-9-17-15-19(24-18(23-17)11-14-22-24)21-13-10-16-8-6-7-12-20-16/h5-9,11-12,14-15,21H,2-4,10,13H2,1H3/b9-5+. The van der Waals surface area contributed by atoms with Gasteiger partial charge in [-0.15, -0.1) is 0 Å². The number of nitrogens with one attached hydrogen (secondary N) is 1. The fourth-order valence-electron chi connectivity index (χ4n) is 2.53. The molecule has 24 heavy (non-hydrogen) atoms. The van der Waals surface area contributed by atoms with Gasteiger partial charge in [-0.3, -0.25) is 4.98 Å². The Balaban J connectivity index is 1.71. The van der Waals surface area contributed by atoms with Crippen LogP contribution in [0.5, 0.6) is 0 Å². The number of allylic oxidation sites excluding steroid dienone is 1. The van der Waals surface area contributed by atoms with Gasteiger partial charge in [0.25, 0.3) is 0 Å². The molecule has 0 unspecified atom stereocenters. The number of nitrogens with zero attached hydrogens (tertiary/aromatic N) is 4. The largest absolute Gasteiger partial charge is 0.369 e. The molecule has 3 aromatic rings. The minimum atomic E-state index is 0.801. The fourth-order valence-corrected chi connectivity index (χ4v) is 2.53. The van der Waals surface area contributed by atoms with E-state index >= 15 is 0 Å². The van der Waals surface area contributed by atoms with Crippen LogP contribution in [0.3, 0.4) is 0 Å². The third kappa shape index (κ3) is 4.19. The molecule has 0 amide bonds. The highest BCUT2D eigenvalue weighted by Gasteiger charge is 2.05. The zero-order valence-corrected chi connectivity index (χ0v) is 14.0. The Morgan fingerprint density at radius 2 is 2.17 bits per heavy atom. The first kappa shape index (κ1) is 16.2. The first-order valence-corrected chi connectivity index (χ1v) is 8.52. The van der Waals surface area contributed by atoms with Gasteiger partial charge < -0.3 is 5.32 Å². The van der Waals surface area contributed by atoms with Gasteiger partial charge in [0.05, 0.1) is 11.9 Å². The lowest BCUT2D eigenvalue weighted by Gasteiger charge is -2.09. The van der Waals surface area contributed by atoms with Crippen LogP contribution in [0.15, 0.2) is 48.8 Å². The molecule has 1 N–H and O–H groups in total. The van der Waals surface area contributed by atoms with Crippen LogP contribution in [-0.2, 0) is 6.42 Å². The molecule has 0 saturated heterocycles. The highest BCUT2D eigenvalue weighted by molar-refractivity contribution is 5.57. The Kier molecular flexibility index (Phi) is 5.56. The van der Waals surface area contributed by atoms with Crippen LogP contribution >= 0.6 is 0 Å². The second-order valence-electron chi connectivity index (χ2n) is 5.71. The lowest BCUT2D eigenvalue weighted by atomic mass is 10.2. The van der Waals surface area contributed by atoms with Gasteiger partial charge in [0, 0.05) is 37.0 Å². The summed E-state index contributed by atoms with van der Waals surface area (Å²) < 4.78 is 1.84. The van der Waals surface area contributed by atoms with Crippen molar-refractivity contribution in [3.63, 3.8) is 0 Å². The molecule has 0 bridgehead atoms. The number of hydrogen-bond acceptors (Lipinski definition) is 4. The smallest absolute Gasteiger partial charge is 0.157 e. The summed E-state index contributed by atoms with van der Waals surface area (Å²) in [6, 6.07) is 9.96. The predicted molar refractivity (Wildman–Crippen MR) is 98.0 cm³/mol. The molecular formula is C19H23N5. The molecule has 0 radical (unpaired) electrons. The number of anilines is 1. The molecule has 3 rings (SSSR count). The van der Waals surface area contributed by atoms with Gasteiger partial charge in [-0.25, -0.2) is 4.98 Å². The van der Waals surface area contributed by atoms with E-state index in [2.05, 4.69) is 39.5 Å². The summed E-state index contributed by atoms with van der Waals surface area (Å²) in [5.74, 6) is 0.955. The number of rotatable bonds is 8. The lowest BCUT2D eigenvalue weighted by molar-refractivity contribution is 0.816. The summed E-state index contributed by atoms with van der Waals surface area (Å²) in [5, 5.41) is 7.80. The monoisotopic (exact) mass is 321 g/mol. The quantitative estimate of drug-likeness (QED) is 0.638. The van der Waals surface area contributed by atoms with E-state index < -0.39 is 0 Å². The zero-order chi connectivity index (χ0) is 16.6. The van der Waals surface area contributed by atoms with E-state index in [4.69, 9.17) is 0 Å². The first-order valence-electron chi connectivity index (χ1n) is 8.52. The Morgan fingerprint density at radius 3 is 3.00 bits per heavy atom. The number of hydrogen-bond donors (Lipinski definition) is 1. The Labute approximate surface area is 142 Å². The number of aromatic nitrogens is 4. The molecular weight excluding hydrogens is 298 g/mol. The summed E-state index contributed by atoms with van der Waals surface area (Å²) in [6.45, 7) is 3.00. The number of unbranched alkanes of at least 4 members (excludes halogenated alkanes) is 2. The summed E-state index contributed by atoms with van der Waals surface area (Å²) >= 11 is 0. The maximum absolute atomic E-state index is 4.62. The van der Waals surface area contributed by atoms with Crippen LogP contribution in [-0.4, -0.2) is 26.1 Å². The van der Waals surface area contributed by atoms with Gasteiger partial charge in [0.15, 0.2) is 5.65 Å². The Morgan fingerprint density at radius 1 is 1.21 bits per heavy atom. The Bertz CT molecular complexity index is 792. The molecule has 0 aliphatic carbocycles. The molecule has 124 valence electrons. The maximum atomic E-state index is 4.62. The van der Waals surface area contributed by atoms with E-state index in [0.29, 0.717) is 0 Å². The highest BCUT2D eigenvalue weighted by atomic mass is 15.3. The molecule has 3 heterocycles. The van der Waals surface area contributed by atoms with E-state index in [0.717, 1.165) is 42.2 Å². The molecule has 5 heteroatoms. The van der Waals surface area contributed by atoms with Gasteiger partial charge >= 0.3 is 0 Å². The van der Waals surface area contributed by atoms with Crippen molar-refractivity contribution in [2.24, 2.45) is 0 Å². The van der Waals surface area contributed by atoms with Gasteiger partial charge in [-0.05, 0) is 24.6 Å². The zero-order valence-electron chi connectivity index (χ0n) is 14.0. The molecule has 0 spiro atoms. The van der Waals surface area contributed by atoms with Crippen molar-refractivity contribution < 1.29 is 0 Å². The predicted octanol–water partition coefficient (Wildman–Crippen LogP) is 3.98. The van der Waals surface area contributed by atoms with Gasteiger partial charge in [0.2, 0.25) is 0 Å². The van der Waals surface area contributed by atoms with Crippen LogP contribution in [0.2, 0.25) is 0 Å². The SMILES string of the molecule is CCCC/C=C/c1cc(NCCc2ccccn2)n2nccc2n1. The molecule has 0 saturated carbocycles. The van der Waals surface area contributed by atoms with Gasteiger partial charge in [-0.1, -0.05) is 31.9 Å². The fraction of sp³-hybridized carbons (Fsp3) is 0.316. The van der Waals surface area contributed by atoms with Crippen molar-refractivity contribution in [1.82, 2.24) is 19.6 Å². The summed E-state index contributed by atoms with van der Waals surface area (Å²) in [5.41, 5.74) is 2.89. The van der Waals surface area contributed by atoms with Crippen molar-refractivity contribution in [1.29, 1.82) is 0 Å². The lowest BCUT2D eigenvalue weighted by Crippen LogP contribution is -2.10. The first-order chi connectivity index (χ1) is 11.9. The van der Waals surface area contributed by atoms with Gasteiger partial charge in [0.1, 0.15) is 5.82 Å². The van der Waals surface area contributed by atoms with Crippen LogP contribution in [0.4, 0.5) is 5.82 Å². The minimum Gasteiger partial charge on any atom is -0.369 e. The van der Waals surface area contributed by atoms with Crippen LogP contribution in [0.1, 0.15) is 37.6 Å². The third-order valence-corrected chi connectivity index (χ3v) is 3.81. The third-order valence-electron chi connectivity index (χ3n) is 3.81. The topological polar surface area (TPSA) is 55.1 Å². The van der Waals surface area contributed by atoms with Crippen molar-refractivity contribution in [3.8, 4) is 0 Å². The second kappa shape index (κ2) is 8.24. The number of fused-ring (bicyclic) bond motifs is 1. The van der Waals surface area contributed by atoms with Crippen molar-refractivity contribution in [2.75, 3.05) is 11.9 Å². The van der Waals surface area contributed by atoms with Crippen LogP contribution in [0, 0.1) is 0 Å². The highest BCUT2D eigenvalue weighted by Crippen LogP contribution is 2.14. The molecule has 0 atom stereocenters. The van der Waals surface area contributed by atoms with Crippen molar-refractivity contribution >= 4 is 17.5 Å². The molecule has 0 aliphatic heterocycles. The molecule has 3 aromatic heterocycles. The summed E-state index contributed by atoms with van der Waals surface area (Å²) in [4.78, 5) is 8.97. The number of pyridine rings is 1. The summed E-state index contributed by atoms with van der Waals surface area (Å²) in [6.07, 6.45) is 12.3. The molecule has 0 aromatic carbocycles. The Hall–Kier alpha value is -2.69. The average Bonchev–Trinajstić information content (AvgIpc) is 3.08. The minimum absolute atomic E-state index is 0.801. The summed E-state index contributed by atoms with van der Waals surface area (Å²) in [7, 11) is 0. The normalized spacial score (nSPS) is 11.4. The van der Waals surface area contributed by atoms with E-state index in [1.165, 1.54) is 12.8 Å². The van der Waals surface area contributed by atoms with Crippen molar-refractivity contribution in [3.05, 3.63) is 60.2 Å². The van der Waals surface area contributed by atoms with Crippen molar-refractivity contribution in [2.45, 2.75) is 32.6 Å². The maximum Gasteiger partial charge on any atom is 0.157 e. The van der Waals surface area contributed by atoms with E-state index in [1.807, 2.05) is 41.0 Å². The molecule has 0 aliphatic rings.